The Morgan fingerprint density at radius 1 is 1.29 bits per heavy atom. The third-order valence-electron chi connectivity index (χ3n) is 2.03. The number of hydrogen-bond donors (Lipinski definition) is 1. The minimum atomic E-state index is 0.0536. The van der Waals surface area contributed by atoms with E-state index in [2.05, 4.69) is 15.5 Å². The molecule has 0 spiro atoms. The van der Waals surface area contributed by atoms with Crippen molar-refractivity contribution in [3.8, 4) is 5.69 Å². The van der Waals surface area contributed by atoms with Crippen LogP contribution in [0.15, 0.2) is 30.6 Å². The van der Waals surface area contributed by atoms with E-state index in [0.29, 0.717) is 0 Å². The number of hydrogen-bond acceptors (Lipinski definition) is 4. The lowest BCUT2D eigenvalue weighted by Gasteiger charge is -2.05. The summed E-state index contributed by atoms with van der Waals surface area (Å²) in [6.45, 7) is 1.95. The molecule has 0 bridgehead atoms. The van der Waals surface area contributed by atoms with Crippen LogP contribution < -0.4 is 5.73 Å². The van der Waals surface area contributed by atoms with E-state index in [1.165, 1.54) is 0 Å². The monoisotopic (exact) mass is 189 g/mol. The normalized spacial score (nSPS) is 12.7. The average Bonchev–Trinajstić information content (AvgIpc) is 2.71. The minimum Gasteiger partial charge on any atom is -0.324 e. The van der Waals surface area contributed by atoms with Gasteiger partial charge in [-0.15, -0.1) is 5.10 Å². The molecule has 5 nitrogen and oxygen atoms in total. The van der Waals surface area contributed by atoms with Crippen LogP contribution in [0.3, 0.4) is 0 Å². The molecule has 1 aromatic carbocycles. The third-order valence-corrected chi connectivity index (χ3v) is 2.03. The van der Waals surface area contributed by atoms with Gasteiger partial charge in [0.15, 0.2) is 0 Å². The van der Waals surface area contributed by atoms with Crippen LogP contribution in [0, 0.1) is 0 Å². The molecule has 1 heterocycles. The fourth-order valence-electron chi connectivity index (χ4n) is 1.21. The van der Waals surface area contributed by atoms with Crippen molar-refractivity contribution in [3.63, 3.8) is 0 Å². The SMILES string of the molecule is CC(N)c1ccc(-n2cnnn2)cc1. The second-order valence-electron chi connectivity index (χ2n) is 3.13. The van der Waals surface area contributed by atoms with Gasteiger partial charge >= 0.3 is 0 Å². The molecule has 2 aromatic rings. The zero-order valence-corrected chi connectivity index (χ0v) is 7.83. The Hall–Kier alpha value is -1.75. The molecule has 0 saturated carbocycles. The lowest BCUT2D eigenvalue weighted by molar-refractivity contribution is 0.784. The number of tetrazole rings is 1. The summed E-state index contributed by atoms with van der Waals surface area (Å²) in [5.41, 5.74) is 7.76. The van der Waals surface area contributed by atoms with Crippen molar-refractivity contribution >= 4 is 0 Å². The summed E-state index contributed by atoms with van der Waals surface area (Å²) in [5, 5.41) is 10.9. The highest BCUT2D eigenvalue weighted by molar-refractivity contribution is 5.34. The number of nitrogens with two attached hydrogens (primary N) is 1. The Morgan fingerprint density at radius 2 is 2.00 bits per heavy atom. The summed E-state index contributed by atoms with van der Waals surface area (Å²) in [4.78, 5) is 0. The molecule has 0 amide bonds. The largest absolute Gasteiger partial charge is 0.324 e. The van der Waals surface area contributed by atoms with Crippen molar-refractivity contribution in [2.45, 2.75) is 13.0 Å². The molecule has 1 aromatic heterocycles. The Balaban J connectivity index is 2.31. The predicted octanol–water partition coefficient (Wildman–Crippen LogP) is 0.682. The van der Waals surface area contributed by atoms with Gasteiger partial charge in [-0.2, -0.15) is 0 Å². The van der Waals surface area contributed by atoms with Crippen LogP contribution in [0.5, 0.6) is 0 Å². The molecular formula is C9H11N5. The van der Waals surface area contributed by atoms with Crippen molar-refractivity contribution in [2.24, 2.45) is 5.73 Å². The Kier molecular flexibility index (Phi) is 2.24. The van der Waals surface area contributed by atoms with Crippen LogP contribution >= 0.6 is 0 Å². The van der Waals surface area contributed by atoms with Gasteiger partial charge in [0.05, 0.1) is 5.69 Å². The Labute approximate surface area is 81.5 Å². The van der Waals surface area contributed by atoms with Crippen LogP contribution in [-0.2, 0) is 0 Å². The summed E-state index contributed by atoms with van der Waals surface area (Å²) in [6.07, 6.45) is 1.56. The van der Waals surface area contributed by atoms with E-state index in [1.54, 1.807) is 11.0 Å². The van der Waals surface area contributed by atoms with E-state index in [1.807, 2.05) is 31.2 Å². The first kappa shape index (κ1) is 8.83. The first-order valence-electron chi connectivity index (χ1n) is 4.36. The van der Waals surface area contributed by atoms with Gasteiger partial charge < -0.3 is 5.73 Å². The zero-order valence-electron chi connectivity index (χ0n) is 7.83. The number of aromatic nitrogens is 4. The molecule has 0 aliphatic heterocycles. The fraction of sp³-hybridized carbons (Fsp3) is 0.222. The van der Waals surface area contributed by atoms with Gasteiger partial charge in [-0.3, -0.25) is 0 Å². The van der Waals surface area contributed by atoms with Crippen molar-refractivity contribution in [3.05, 3.63) is 36.2 Å². The van der Waals surface area contributed by atoms with Gasteiger partial charge in [-0.25, -0.2) is 4.68 Å². The molecule has 0 saturated heterocycles. The third kappa shape index (κ3) is 1.62. The first-order valence-corrected chi connectivity index (χ1v) is 4.36. The molecule has 14 heavy (non-hydrogen) atoms. The summed E-state index contributed by atoms with van der Waals surface area (Å²) >= 11 is 0. The molecule has 0 aliphatic rings. The maximum Gasteiger partial charge on any atom is 0.143 e. The second kappa shape index (κ2) is 3.55. The molecule has 2 N–H and O–H groups in total. The maximum absolute atomic E-state index is 5.74. The molecule has 0 radical (unpaired) electrons. The zero-order chi connectivity index (χ0) is 9.97. The average molecular weight is 189 g/mol. The molecule has 72 valence electrons. The molecule has 0 fully saturated rings. The minimum absolute atomic E-state index is 0.0536. The van der Waals surface area contributed by atoms with Crippen LogP contribution in [0.1, 0.15) is 18.5 Å². The molecule has 2 rings (SSSR count). The lowest BCUT2D eigenvalue weighted by Crippen LogP contribution is -2.05. The molecule has 0 aliphatic carbocycles. The van der Waals surface area contributed by atoms with E-state index < -0.39 is 0 Å². The van der Waals surface area contributed by atoms with E-state index in [0.717, 1.165) is 11.3 Å². The van der Waals surface area contributed by atoms with Gasteiger partial charge in [-0.1, -0.05) is 12.1 Å². The van der Waals surface area contributed by atoms with Crippen molar-refractivity contribution in [1.82, 2.24) is 20.2 Å². The topological polar surface area (TPSA) is 69.6 Å². The maximum atomic E-state index is 5.74. The summed E-state index contributed by atoms with van der Waals surface area (Å²) < 4.78 is 1.60. The molecule has 1 unspecified atom stereocenters. The van der Waals surface area contributed by atoms with Gasteiger partial charge in [0.25, 0.3) is 0 Å². The number of benzene rings is 1. The number of rotatable bonds is 2. The van der Waals surface area contributed by atoms with E-state index >= 15 is 0 Å². The standard InChI is InChI=1S/C9H11N5/c1-7(10)8-2-4-9(5-3-8)14-6-11-12-13-14/h2-7H,10H2,1H3. The highest BCUT2D eigenvalue weighted by atomic mass is 15.5. The highest BCUT2D eigenvalue weighted by Gasteiger charge is 2.00. The lowest BCUT2D eigenvalue weighted by atomic mass is 10.1. The van der Waals surface area contributed by atoms with Crippen LogP contribution in [0.4, 0.5) is 0 Å². The van der Waals surface area contributed by atoms with Crippen LogP contribution in [-0.4, -0.2) is 20.2 Å². The smallest absolute Gasteiger partial charge is 0.143 e. The van der Waals surface area contributed by atoms with Gasteiger partial charge in [0, 0.05) is 6.04 Å². The van der Waals surface area contributed by atoms with Gasteiger partial charge in [0.2, 0.25) is 0 Å². The quantitative estimate of drug-likeness (QED) is 0.754. The highest BCUT2D eigenvalue weighted by Crippen LogP contribution is 2.12. The van der Waals surface area contributed by atoms with E-state index in [4.69, 9.17) is 5.73 Å². The van der Waals surface area contributed by atoms with Gasteiger partial charge in [-0.05, 0) is 35.0 Å². The Bertz CT molecular complexity index is 390. The Morgan fingerprint density at radius 3 is 2.50 bits per heavy atom. The van der Waals surface area contributed by atoms with Crippen LogP contribution in [0.25, 0.3) is 5.69 Å². The van der Waals surface area contributed by atoms with Crippen molar-refractivity contribution < 1.29 is 0 Å². The number of nitrogens with zero attached hydrogens (tertiary/aromatic N) is 4. The van der Waals surface area contributed by atoms with Crippen molar-refractivity contribution in [2.75, 3.05) is 0 Å². The summed E-state index contributed by atoms with van der Waals surface area (Å²) in [7, 11) is 0. The second-order valence-corrected chi connectivity index (χ2v) is 3.13. The predicted molar refractivity (Wildman–Crippen MR) is 51.8 cm³/mol. The van der Waals surface area contributed by atoms with E-state index in [9.17, 15) is 0 Å². The fourth-order valence-corrected chi connectivity index (χ4v) is 1.21. The first-order chi connectivity index (χ1) is 6.77. The summed E-state index contributed by atoms with van der Waals surface area (Å²) in [6, 6.07) is 7.88. The molecule has 5 heteroatoms. The molecule has 1 atom stereocenters. The van der Waals surface area contributed by atoms with Crippen molar-refractivity contribution in [1.29, 1.82) is 0 Å². The van der Waals surface area contributed by atoms with Crippen LogP contribution in [0.2, 0.25) is 0 Å². The van der Waals surface area contributed by atoms with Gasteiger partial charge in [0.1, 0.15) is 6.33 Å². The summed E-state index contributed by atoms with van der Waals surface area (Å²) in [5.74, 6) is 0. The molecular weight excluding hydrogens is 178 g/mol. The van der Waals surface area contributed by atoms with E-state index in [-0.39, 0.29) is 6.04 Å².